The van der Waals surface area contributed by atoms with E-state index in [-0.39, 0.29) is 11.9 Å². The predicted octanol–water partition coefficient (Wildman–Crippen LogP) is 5.18. The van der Waals surface area contributed by atoms with Crippen molar-refractivity contribution >= 4 is 31.1 Å². The highest BCUT2D eigenvalue weighted by atomic mass is 28.4. The summed E-state index contributed by atoms with van der Waals surface area (Å²) >= 11 is 0. The quantitative estimate of drug-likeness (QED) is 0.233. The molecule has 0 unspecified atom stereocenters. The van der Waals surface area contributed by atoms with Crippen LogP contribution in [0.5, 0.6) is 11.5 Å². The molecule has 0 spiro atoms. The molecular formula is C29H34N6O3Si. The summed E-state index contributed by atoms with van der Waals surface area (Å²) in [5.41, 5.74) is 8.56. The van der Waals surface area contributed by atoms with Crippen LogP contribution in [0.2, 0.25) is 19.1 Å². The van der Waals surface area contributed by atoms with Gasteiger partial charge in [0, 0.05) is 18.7 Å². The summed E-state index contributed by atoms with van der Waals surface area (Å²) in [5.74, 6) is 1.84. The maximum Gasteiger partial charge on any atom is 0.246 e. The van der Waals surface area contributed by atoms with Gasteiger partial charge in [0.2, 0.25) is 5.91 Å². The zero-order valence-corrected chi connectivity index (χ0v) is 23.3. The first kappa shape index (κ1) is 26.6. The fourth-order valence-corrected chi connectivity index (χ4v) is 5.71. The molecule has 0 radical (unpaired) electrons. The second-order valence-electron chi connectivity index (χ2n) is 10.5. The highest BCUT2D eigenvalue weighted by Gasteiger charge is 2.28. The Balaban J connectivity index is 1.37. The Labute approximate surface area is 229 Å². The number of hydrogen-bond acceptors (Lipinski definition) is 7. The summed E-state index contributed by atoms with van der Waals surface area (Å²) in [6.07, 6.45) is 7.41. The van der Waals surface area contributed by atoms with Gasteiger partial charge in [0.15, 0.2) is 14.0 Å². The molecule has 3 N–H and O–H groups in total. The average molecular weight is 543 g/mol. The van der Waals surface area contributed by atoms with Crippen LogP contribution in [0.25, 0.3) is 22.3 Å². The van der Waals surface area contributed by atoms with Crippen molar-refractivity contribution in [3.05, 3.63) is 73.1 Å². The number of carbonyl (C=O) groups excluding carboxylic acids is 1. The van der Waals surface area contributed by atoms with Gasteiger partial charge in [0.05, 0.1) is 11.4 Å². The molecule has 5 rings (SSSR count). The van der Waals surface area contributed by atoms with Gasteiger partial charge in [-0.1, -0.05) is 24.3 Å². The van der Waals surface area contributed by atoms with Gasteiger partial charge in [-0.15, -0.1) is 0 Å². The van der Waals surface area contributed by atoms with E-state index in [1.54, 1.807) is 6.08 Å². The van der Waals surface area contributed by atoms with Crippen molar-refractivity contribution in [2.75, 3.05) is 18.8 Å². The third kappa shape index (κ3) is 6.35. The smallest absolute Gasteiger partial charge is 0.246 e. The number of aromatic nitrogens is 4. The van der Waals surface area contributed by atoms with E-state index >= 15 is 0 Å². The Morgan fingerprint density at radius 2 is 1.87 bits per heavy atom. The Bertz CT molecular complexity index is 1460. The maximum atomic E-state index is 12.9. The highest BCUT2D eigenvalue weighted by molar-refractivity contribution is 6.69. The van der Waals surface area contributed by atoms with Crippen LogP contribution in [-0.2, 0) is 4.79 Å². The zero-order chi connectivity index (χ0) is 27.4. The molecule has 1 atom stereocenters. The third-order valence-electron chi connectivity index (χ3n) is 6.86. The Hall–Kier alpha value is -4.02. The number of fused-ring (bicyclic) bond motifs is 1. The van der Waals surface area contributed by atoms with E-state index in [1.807, 2.05) is 83.3 Å². The summed E-state index contributed by atoms with van der Waals surface area (Å²) in [6, 6.07) is 18.0. The standard InChI is InChI=1S/C29H34N6O3Si/c1-39(2,37)18-7-6-12-25(36)34-17-8-9-22(19-34)35-29-26(28(30)31-20-32-29)27(33-35)21-13-15-24(16-14-21)38-23-10-4-3-5-11-23/h3-6,10-16,20,22,37H,7-9,17-19H2,1-2H3,(H2,30,31,32)/b12-6+/t22-/m0/s1. The summed E-state index contributed by atoms with van der Waals surface area (Å²) in [5, 5.41) is 5.67. The topological polar surface area (TPSA) is 119 Å². The molecule has 9 nitrogen and oxygen atoms in total. The average Bonchev–Trinajstić information content (AvgIpc) is 3.33. The number of likely N-dealkylation sites (tertiary alicyclic amines) is 1. The minimum atomic E-state index is -2.12. The van der Waals surface area contributed by atoms with Gasteiger partial charge < -0.3 is 20.2 Å². The molecule has 3 heterocycles. The number of rotatable bonds is 8. The molecule has 1 amide bonds. The molecule has 1 aliphatic heterocycles. The first-order valence-corrected chi connectivity index (χ1v) is 16.4. The molecule has 4 aromatic rings. The lowest BCUT2D eigenvalue weighted by molar-refractivity contribution is -0.127. The molecule has 0 saturated carbocycles. The Morgan fingerprint density at radius 3 is 2.62 bits per heavy atom. The molecule has 2 aromatic carbocycles. The summed E-state index contributed by atoms with van der Waals surface area (Å²) in [4.78, 5) is 33.6. The van der Waals surface area contributed by atoms with Crippen LogP contribution in [0.15, 0.2) is 73.1 Å². The van der Waals surface area contributed by atoms with Crippen molar-refractivity contribution in [1.82, 2.24) is 24.6 Å². The number of nitrogen functional groups attached to an aromatic ring is 1. The molecule has 0 bridgehead atoms. The van der Waals surface area contributed by atoms with Gasteiger partial charge in [-0.3, -0.25) is 4.79 Å². The fourth-order valence-electron chi connectivity index (χ4n) is 4.84. The van der Waals surface area contributed by atoms with Crippen LogP contribution in [-0.4, -0.2) is 56.8 Å². The number of piperidine rings is 1. The Kier molecular flexibility index (Phi) is 7.76. The molecule has 1 aliphatic rings. The van der Waals surface area contributed by atoms with Crippen LogP contribution in [0.4, 0.5) is 5.82 Å². The number of carbonyl (C=O) groups is 1. The molecule has 202 valence electrons. The van der Waals surface area contributed by atoms with E-state index in [0.717, 1.165) is 35.9 Å². The van der Waals surface area contributed by atoms with Crippen molar-refractivity contribution in [2.24, 2.45) is 0 Å². The molecule has 1 fully saturated rings. The third-order valence-corrected chi connectivity index (χ3v) is 8.37. The van der Waals surface area contributed by atoms with Crippen LogP contribution < -0.4 is 10.5 Å². The van der Waals surface area contributed by atoms with Crippen LogP contribution in [0.1, 0.15) is 25.3 Å². The van der Waals surface area contributed by atoms with Gasteiger partial charge in [0.1, 0.15) is 29.3 Å². The van der Waals surface area contributed by atoms with Crippen LogP contribution >= 0.6 is 0 Å². The van der Waals surface area contributed by atoms with E-state index in [9.17, 15) is 9.59 Å². The Morgan fingerprint density at radius 1 is 1.13 bits per heavy atom. The lowest BCUT2D eigenvalue weighted by Crippen LogP contribution is -2.40. The monoisotopic (exact) mass is 542 g/mol. The van der Waals surface area contributed by atoms with Gasteiger partial charge in [-0.2, -0.15) is 5.10 Å². The predicted molar refractivity (Wildman–Crippen MR) is 155 cm³/mol. The minimum absolute atomic E-state index is 0.0167. The number of nitrogens with zero attached hydrogens (tertiary/aromatic N) is 5. The van der Waals surface area contributed by atoms with Crippen molar-refractivity contribution < 1.29 is 14.3 Å². The molecule has 0 aliphatic carbocycles. The second-order valence-corrected chi connectivity index (χ2v) is 14.6. The van der Waals surface area contributed by atoms with Gasteiger partial charge >= 0.3 is 0 Å². The lowest BCUT2D eigenvalue weighted by Gasteiger charge is -2.32. The number of ether oxygens (including phenoxy) is 1. The first-order valence-electron chi connectivity index (χ1n) is 13.3. The second kappa shape index (κ2) is 11.4. The van der Waals surface area contributed by atoms with Gasteiger partial charge in [0.25, 0.3) is 0 Å². The molecule has 39 heavy (non-hydrogen) atoms. The van der Waals surface area contributed by atoms with E-state index < -0.39 is 8.32 Å². The van der Waals surface area contributed by atoms with E-state index in [4.69, 9.17) is 15.6 Å². The fraction of sp³-hybridized carbons (Fsp3) is 0.310. The maximum absolute atomic E-state index is 12.9. The minimum Gasteiger partial charge on any atom is -0.457 e. The lowest BCUT2D eigenvalue weighted by atomic mass is 10.1. The molecule has 2 aromatic heterocycles. The number of benzene rings is 2. The summed E-state index contributed by atoms with van der Waals surface area (Å²) < 4.78 is 7.84. The SMILES string of the molecule is C[Si](C)(O)CC/C=C/C(=O)N1CCC[C@H](n2nc(-c3ccc(Oc4ccccc4)cc3)c3c(N)ncnc32)C1. The summed E-state index contributed by atoms with van der Waals surface area (Å²) in [7, 11) is -2.12. The largest absolute Gasteiger partial charge is 0.457 e. The molecule has 10 heteroatoms. The number of allylic oxidation sites excluding steroid dienone is 1. The van der Waals surface area contributed by atoms with E-state index in [2.05, 4.69) is 9.97 Å². The van der Waals surface area contributed by atoms with Crippen molar-refractivity contribution in [3.63, 3.8) is 0 Å². The van der Waals surface area contributed by atoms with Crippen molar-refractivity contribution in [2.45, 2.75) is 44.4 Å². The normalized spacial score (nSPS) is 16.2. The van der Waals surface area contributed by atoms with Crippen LogP contribution in [0.3, 0.4) is 0 Å². The van der Waals surface area contributed by atoms with Gasteiger partial charge in [-0.25, -0.2) is 14.6 Å². The van der Waals surface area contributed by atoms with Crippen molar-refractivity contribution in [1.29, 1.82) is 0 Å². The highest BCUT2D eigenvalue weighted by Crippen LogP contribution is 2.35. The number of nitrogens with two attached hydrogens (primary N) is 1. The number of anilines is 1. The van der Waals surface area contributed by atoms with E-state index in [1.165, 1.54) is 6.33 Å². The zero-order valence-electron chi connectivity index (χ0n) is 22.3. The van der Waals surface area contributed by atoms with Crippen molar-refractivity contribution in [3.8, 4) is 22.8 Å². The number of amides is 1. The molecular weight excluding hydrogens is 508 g/mol. The van der Waals surface area contributed by atoms with Crippen LogP contribution in [0, 0.1) is 0 Å². The first-order chi connectivity index (χ1) is 18.8. The number of para-hydroxylation sites is 1. The number of hydrogen-bond donors (Lipinski definition) is 2. The van der Waals surface area contributed by atoms with E-state index in [0.29, 0.717) is 42.1 Å². The summed E-state index contributed by atoms with van der Waals surface area (Å²) in [6.45, 7) is 5.05. The molecule has 1 saturated heterocycles. The van der Waals surface area contributed by atoms with Gasteiger partial charge in [-0.05, 0) is 80.9 Å².